The van der Waals surface area contributed by atoms with Gasteiger partial charge in [-0.2, -0.15) is 0 Å². The monoisotopic (exact) mass is 278 g/mol. The highest BCUT2D eigenvalue weighted by molar-refractivity contribution is 7.89. The van der Waals surface area contributed by atoms with Crippen LogP contribution in [0.2, 0.25) is 5.02 Å². The molecule has 96 valence electrons. The van der Waals surface area contributed by atoms with Crippen molar-refractivity contribution < 1.29 is 13.5 Å². The fourth-order valence-corrected chi connectivity index (χ4v) is 2.55. The van der Waals surface area contributed by atoms with Crippen LogP contribution in [0.25, 0.3) is 0 Å². The number of aliphatic hydroxyl groups is 1. The first-order valence-corrected chi connectivity index (χ1v) is 6.98. The van der Waals surface area contributed by atoms with Gasteiger partial charge in [0, 0.05) is 18.9 Å². The summed E-state index contributed by atoms with van der Waals surface area (Å²) in [5.41, 5.74) is 0. The predicted octanol–water partition coefficient (Wildman–Crippen LogP) is 1.03. The number of pyridine rings is 1. The Balaban J connectivity index is 2.80. The largest absolute Gasteiger partial charge is 0.391 e. The van der Waals surface area contributed by atoms with Gasteiger partial charge in [-0.1, -0.05) is 25.4 Å². The van der Waals surface area contributed by atoms with E-state index in [0.717, 1.165) is 0 Å². The maximum absolute atomic E-state index is 11.8. The lowest BCUT2D eigenvalue weighted by Crippen LogP contribution is -2.34. The highest BCUT2D eigenvalue weighted by Gasteiger charge is 2.20. The molecule has 0 aromatic carbocycles. The molecule has 0 saturated carbocycles. The van der Waals surface area contributed by atoms with Crippen LogP contribution < -0.4 is 4.72 Å². The molecule has 0 aliphatic heterocycles. The molecule has 0 spiro atoms. The Bertz CT molecular complexity index is 476. The smallest absolute Gasteiger partial charge is 0.243 e. The standard InChI is InChI=1S/C10H15ClN2O3S/c1-7(2)9(14)5-13-17(15,16)10-6-12-4-3-8(10)11/h3-4,6-7,9,13-14H,5H2,1-2H3. The molecule has 2 N–H and O–H groups in total. The molecule has 1 aromatic heterocycles. The summed E-state index contributed by atoms with van der Waals surface area (Å²) in [5, 5.41) is 9.63. The summed E-state index contributed by atoms with van der Waals surface area (Å²) in [4.78, 5) is 3.62. The van der Waals surface area contributed by atoms with Gasteiger partial charge in [0.15, 0.2) is 0 Å². The summed E-state index contributed by atoms with van der Waals surface area (Å²) in [7, 11) is -3.72. The molecule has 0 fully saturated rings. The van der Waals surface area contributed by atoms with E-state index in [9.17, 15) is 13.5 Å². The van der Waals surface area contributed by atoms with Gasteiger partial charge in [-0.05, 0) is 12.0 Å². The summed E-state index contributed by atoms with van der Waals surface area (Å²) in [6.07, 6.45) is 1.84. The van der Waals surface area contributed by atoms with E-state index in [4.69, 9.17) is 11.6 Å². The quantitative estimate of drug-likeness (QED) is 0.843. The second-order valence-corrected chi connectivity index (χ2v) is 6.11. The number of nitrogens with one attached hydrogen (secondary N) is 1. The summed E-state index contributed by atoms with van der Waals surface area (Å²) in [6.45, 7) is 3.55. The first-order chi connectivity index (χ1) is 7.84. The SMILES string of the molecule is CC(C)C(O)CNS(=O)(=O)c1cnccc1Cl. The average Bonchev–Trinajstić information content (AvgIpc) is 2.26. The van der Waals surface area contributed by atoms with Crippen LogP contribution in [0.3, 0.4) is 0 Å². The maximum atomic E-state index is 11.8. The summed E-state index contributed by atoms with van der Waals surface area (Å²) in [5.74, 6) is -0.0259. The second kappa shape index (κ2) is 5.77. The highest BCUT2D eigenvalue weighted by atomic mass is 35.5. The van der Waals surface area contributed by atoms with E-state index in [1.165, 1.54) is 18.5 Å². The van der Waals surface area contributed by atoms with Gasteiger partial charge >= 0.3 is 0 Å². The van der Waals surface area contributed by atoms with Crippen LogP contribution in [0, 0.1) is 5.92 Å². The first kappa shape index (κ1) is 14.4. The average molecular weight is 279 g/mol. The molecule has 1 unspecified atom stereocenters. The Morgan fingerprint density at radius 1 is 1.53 bits per heavy atom. The molecule has 7 heteroatoms. The van der Waals surface area contributed by atoms with Crippen molar-refractivity contribution in [2.75, 3.05) is 6.54 Å². The van der Waals surface area contributed by atoms with Gasteiger partial charge in [-0.15, -0.1) is 0 Å². The third-order valence-electron chi connectivity index (χ3n) is 2.28. The lowest BCUT2D eigenvalue weighted by molar-refractivity contribution is 0.129. The maximum Gasteiger partial charge on any atom is 0.243 e. The van der Waals surface area contributed by atoms with Crippen molar-refractivity contribution in [1.82, 2.24) is 9.71 Å². The van der Waals surface area contributed by atoms with Crippen LogP contribution in [0.1, 0.15) is 13.8 Å². The normalized spacial score (nSPS) is 13.9. The van der Waals surface area contributed by atoms with Crippen molar-refractivity contribution in [2.45, 2.75) is 24.8 Å². The van der Waals surface area contributed by atoms with E-state index >= 15 is 0 Å². The van der Waals surface area contributed by atoms with Crippen LogP contribution in [0.4, 0.5) is 0 Å². The third kappa shape index (κ3) is 3.92. The van der Waals surface area contributed by atoms with Crippen LogP contribution in [-0.2, 0) is 10.0 Å². The van der Waals surface area contributed by atoms with Crippen molar-refractivity contribution in [3.63, 3.8) is 0 Å². The van der Waals surface area contributed by atoms with Gasteiger partial charge in [0.2, 0.25) is 10.0 Å². The lowest BCUT2D eigenvalue weighted by atomic mass is 10.1. The predicted molar refractivity (Wildman–Crippen MR) is 65.3 cm³/mol. The highest BCUT2D eigenvalue weighted by Crippen LogP contribution is 2.18. The zero-order valence-electron chi connectivity index (χ0n) is 9.59. The van der Waals surface area contributed by atoms with Crippen LogP contribution >= 0.6 is 11.6 Å². The van der Waals surface area contributed by atoms with Crippen molar-refractivity contribution in [1.29, 1.82) is 0 Å². The molecule has 0 saturated heterocycles. The number of hydrogen-bond donors (Lipinski definition) is 2. The molecule has 0 aliphatic rings. The summed E-state index contributed by atoms with van der Waals surface area (Å²) >= 11 is 5.76. The molecule has 0 amide bonds. The van der Waals surface area contributed by atoms with E-state index in [2.05, 4.69) is 9.71 Å². The second-order valence-electron chi connectivity index (χ2n) is 3.97. The molecule has 0 bridgehead atoms. The van der Waals surface area contributed by atoms with Gasteiger partial charge < -0.3 is 5.11 Å². The number of rotatable bonds is 5. The van der Waals surface area contributed by atoms with Crippen molar-refractivity contribution in [3.8, 4) is 0 Å². The fraction of sp³-hybridized carbons (Fsp3) is 0.500. The van der Waals surface area contributed by atoms with Gasteiger partial charge in [0.1, 0.15) is 4.90 Å². The van der Waals surface area contributed by atoms with Crippen molar-refractivity contribution in [2.24, 2.45) is 5.92 Å². The van der Waals surface area contributed by atoms with E-state index in [-0.39, 0.29) is 22.4 Å². The number of sulfonamides is 1. The molecule has 1 aromatic rings. The Morgan fingerprint density at radius 2 is 2.18 bits per heavy atom. The molecule has 17 heavy (non-hydrogen) atoms. The van der Waals surface area contributed by atoms with E-state index in [1.54, 1.807) is 13.8 Å². The molecule has 0 aliphatic carbocycles. The number of hydrogen-bond acceptors (Lipinski definition) is 4. The zero-order valence-corrected chi connectivity index (χ0v) is 11.2. The zero-order chi connectivity index (χ0) is 13.1. The van der Waals surface area contributed by atoms with Crippen molar-refractivity contribution in [3.05, 3.63) is 23.5 Å². The number of aromatic nitrogens is 1. The van der Waals surface area contributed by atoms with E-state index in [1.807, 2.05) is 0 Å². The number of aliphatic hydroxyl groups excluding tert-OH is 1. The van der Waals surface area contributed by atoms with Gasteiger partial charge in [0.25, 0.3) is 0 Å². The van der Waals surface area contributed by atoms with Gasteiger partial charge in [-0.25, -0.2) is 13.1 Å². The number of halogens is 1. The first-order valence-electron chi connectivity index (χ1n) is 5.12. The van der Waals surface area contributed by atoms with Crippen LogP contribution in [0.5, 0.6) is 0 Å². The minimum Gasteiger partial charge on any atom is -0.391 e. The Morgan fingerprint density at radius 3 is 2.71 bits per heavy atom. The van der Waals surface area contributed by atoms with Gasteiger partial charge in [0.05, 0.1) is 11.1 Å². The Labute approximate surface area is 106 Å². The van der Waals surface area contributed by atoms with Gasteiger partial charge in [-0.3, -0.25) is 4.98 Å². The summed E-state index contributed by atoms with van der Waals surface area (Å²) < 4.78 is 26.0. The molecular weight excluding hydrogens is 264 g/mol. The molecule has 1 rings (SSSR count). The van der Waals surface area contributed by atoms with Crippen LogP contribution in [0.15, 0.2) is 23.4 Å². The lowest BCUT2D eigenvalue weighted by Gasteiger charge is -2.15. The van der Waals surface area contributed by atoms with Crippen LogP contribution in [-0.4, -0.2) is 31.2 Å². The molecule has 1 heterocycles. The van der Waals surface area contributed by atoms with Crippen molar-refractivity contribution >= 4 is 21.6 Å². The Kier molecular flexibility index (Phi) is 4.88. The molecule has 0 radical (unpaired) electrons. The Hall–Kier alpha value is -0.690. The molecular formula is C10H15ClN2O3S. The minimum atomic E-state index is -3.72. The molecule has 5 nitrogen and oxygen atoms in total. The molecule has 1 atom stereocenters. The number of nitrogens with zero attached hydrogens (tertiary/aromatic N) is 1. The van der Waals surface area contributed by atoms with E-state index < -0.39 is 16.1 Å². The fourth-order valence-electron chi connectivity index (χ4n) is 1.07. The minimum absolute atomic E-state index is 0.0259. The third-order valence-corrected chi connectivity index (χ3v) is 4.17. The topological polar surface area (TPSA) is 79.3 Å². The summed E-state index contributed by atoms with van der Waals surface area (Å²) in [6, 6.07) is 1.40. The van der Waals surface area contributed by atoms with E-state index in [0.29, 0.717) is 0 Å².